The molecule has 4 N–H and O–H groups in total. The highest BCUT2D eigenvalue weighted by molar-refractivity contribution is 14.0. The van der Waals surface area contributed by atoms with Gasteiger partial charge < -0.3 is 26.0 Å². The molecule has 0 spiro atoms. The molecular formula is C19H38IN5O3. The van der Waals surface area contributed by atoms with Gasteiger partial charge in [0.15, 0.2) is 5.96 Å². The van der Waals surface area contributed by atoms with Crippen LogP contribution in [0.1, 0.15) is 65.7 Å². The van der Waals surface area contributed by atoms with Crippen molar-refractivity contribution in [1.82, 2.24) is 21.3 Å². The Morgan fingerprint density at radius 1 is 1.00 bits per heavy atom. The van der Waals surface area contributed by atoms with E-state index in [0.29, 0.717) is 38.1 Å². The number of nitrogens with zero attached hydrogens (tertiary/aromatic N) is 1. The quantitative estimate of drug-likeness (QED) is 0.174. The van der Waals surface area contributed by atoms with Crippen LogP contribution in [0.15, 0.2) is 4.99 Å². The number of aliphatic imine (C=N–C) groups is 1. The average molecular weight is 511 g/mol. The van der Waals surface area contributed by atoms with E-state index in [1.807, 2.05) is 20.8 Å². The molecule has 9 heteroatoms. The van der Waals surface area contributed by atoms with Crippen molar-refractivity contribution in [1.29, 1.82) is 0 Å². The predicted octanol–water partition coefficient (Wildman–Crippen LogP) is 2.52. The van der Waals surface area contributed by atoms with Crippen LogP contribution in [-0.2, 0) is 9.53 Å². The molecule has 0 bridgehead atoms. The third-order valence-corrected chi connectivity index (χ3v) is 4.15. The lowest BCUT2D eigenvalue weighted by atomic mass is 9.95. The lowest BCUT2D eigenvalue weighted by molar-refractivity contribution is -0.121. The molecule has 0 radical (unpaired) electrons. The van der Waals surface area contributed by atoms with Gasteiger partial charge in [-0.3, -0.25) is 9.79 Å². The van der Waals surface area contributed by atoms with Crippen LogP contribution >= 0.6 is 24.0 Å². The molecule has 0 saturated heterocycles. The van der Waals surface area contributed by atoms with Gasteiger partial charge in [-0.1, -0.05) is 19.3 Å². The molecule has 1 aliphatic rings. The zero-order chi connectivity index (χ0) is 20.1. The molecule has 2 amide bonds. The van der Waals surface area contributed by atoms with Crippen LogP contribution in [0.5, 0.6) is 0 Å². The average Bonchev–Trinajstić information content (AvgIpc) is 2.59. The third-order valence-electron chi connectivity index (χ3n) is 4.15. The fourth-order valence-electron chi connectivity index (χ4n) is 2.86. The standard InChI is InChI=1S/C19H37N5O3.HI/c1-19(2,3)27-18(26)23-13-8-12-21-17(20-4)22-14-11-16(25)24-15-9-6-5-7-10-15;/h15H,5-14H2,1-4H3,(H,23,26)(H,24,25)(H2,20,21,22);1H. The first-order valence-electron chi connectivity index (χ1n) is 10.0. The smallest absolute Gasteiger partial charge is 0.407 e. The number of carbonyl (C=O) groups is 2. The Bertz CT molecular complexity index is 488. The second-order valence-corrected chi connectivity index (χ2v) is 7.86. The van der Waals surface area contributed by atoms with Crippen LogP contribution in [0.3, 0.4) is 0 Å². The van der Waals surface area contributed by atoms with Crippen molar-refractivity contribution in [3.8, 4) is 0 Å². The maximum absolute atomic E-state index is 12.0. The highest BCUT2D eigenvalue weighted by atomic mass is 127. The summed E-state index contributed by atoms with van der Waals surface area (Å²) in [6.45, 7) is 7.21. The SMILES string of the molecule is CN=C(NCCCNC(=O)OC(C)(C)C)NCCC(=O)NC1CCCCC1.I. The van der Waals surface area contributed by atoms with Crippen LogP contribution in [0.25, 0.3) is 0 Å². The molecule has 0 aromatic carbocycles. The van der Waals surface area contributed by atoms with E-state index in [1.165, 1.54) is 19.3 Å². The van der Waals surface area contributed by atoms with Crippen LogP contribution in [-0.4, -0.2) is 56.3 Å². The van der Waals surface area contributed by atoms with E-state index in [2.05, 4.69) is 26.3 Å². The number of carbonyl (C=O) groups excluding carboxylic acids is 2. The van der Waals surface area contributed by atoms with Gasteiger partial charge in [-0.15, -0.1) is 24.0 Å². The topological polar surface area (TPSA) is 104 Å². The molecule has 1 fully saturated rings. The minimum absolute atomic E-state index is 0. The lowest BCUT2D eigenvalue weighted by Gasteiger charge is -2.22. The van der Waals surface area contributed by atoms with Crippen LogP contribution in [0.2, 0.25) is 0 Å². The normalized spacial score (nSPS) is 15.2. The molecule has 0 aromatic rings. The van der Waals surface area contributed by atoms with Crippen molar-refractivity contribution in [2.24, 2.45) is 4.99 Å². The number of amides is 2. The summed E-state index contributed by atoms with van der Waals surface area (Å²) in [4.78, 5) is 27.6. The number of nitrogens with one attached hydrogen (secondary N) is 4. The van der Waals surface area contributed by atoms with Gasteiger partial charge in [0.25, 0.3) is 0 Å². The second kappa shape index (κ2) is 14.7. The third kappa shape index (κ3) is 13.8. The van der Waals surface area contributed by atoms with E-state index in [0.717, 1.165) is 19.3 Å². The molecule has 1 aliphatic carbocycles. The van der Waals surface area contributed by atoms with Crippen molar-refractivity contribution in [2.45, 2.75) is 77.4 Å². The highest BCUT2D eigenvalue weighted by Gasteiger charge is 2.16. The van der Waals surface area contributed by atoms with Gasteiger partial charge in [0.05, 0.1) is 0 Å². The summed E-state index contributed by atoms with van der Waals surface area (Å²) < 4.78 is 5.17. The molecule has 164 valence electrons. The monoisotopic (exact) mass is 511 g/mol. The van der Waals surface area contributed by atoms with E-state index in [9.17, 15) is 9.59 Å². The van der Waals surface area contributed by atoms with Gasteiger partial charge in [-0.05, 0) is 40.0 Å². The lowest BCUT2D eigenvalue weighted by Crippen LogP contribution is -2.42. The molecule has 0 aromatic heterocycles. The molecule has 0 unspecified atom stereocenters. The number of alkyl carbamates (subject to hydrolysis) is 1. The maximum atomic E-state index is 12.0. The first-order valence-corrected chi connectivity index (χ1v) is 10.0. The molecular weight excluding hydrogens is 473 g/mol. The van der Waals surface area contributed by atoms with Crippen molar-refractivity contribution >= 4 is 41.9 Å². The maximum Gasteiger partial charge on any atom is 0.407 e. The molecule has 0 atom stereocenters. The summed E-state index contributed by atoms with van der Waals surface area (Å²) in [6.07, 6.45) is 6.65. The van der Waals surface area contributed by atoms with Crippen molar-refractivity contribution in [2.75, 3.05) is 26.7 Å². The summed E-state index contributed by atoms with van der Waals surface area (Å²) in [5.41, 5.74) is -0.489. The highest BCUT2D eigenvalue weighted by Crippen LogP contribution is 2.17. The summed E-state index contributed by atoms with van der Waals surface area (Å²) in [6, 6.07) is 0.348. The molecule has 28 heavy (non-hydrogen) atoms. The number of guanidine groups is 1. The van der Waals surface area contributed by atoms with Crippen LogP contribution in [0.4, 0.5) is 4.79 Å². The van der Waals surface area contributed by atoms with Gasteiger partial charge in [0.1, 0.15) is 5.60 Å². The van der Waals surface area contributed by atoms with Crippen LogP contribution < -0.4 is 21.3 Å². The van der Waals surface area contributed by atoms with Gasteiger partial charge in [-0.2, -0.15) is 0 Å². The van der Waals surface area contributed by atoms with E-state index < -0.39 is 11.7 Å². The summed E-state index contributed by atoms with van der Waals surface area (Å²) in [5.74, 6) is 0.740. The minimum Gasteiger partial charge on any atom is -0.444 e. The Kier molecular flexibility index (Phi) is 14.0. The summed E-state index contributed by atoms with van der Waals surface area (Å²) in [7, 11) is 1.69. The Morgan fingerprint density at radius 3 is 2.21 bits per heavy atom. The van der Waals surface area contributed by atoms with Gasteiger partial charge >= 0.3 is 6.09 Å². The zero-order valence-corrected chi connectivity index (χ0v) is 20.1. The van der Waals surface area contributed by atoms with Crippen molar-refractivity contribution in [3.63, 3.8) is 0 Å². The second-order valence-electron chi connectivity index (χ2n) is 7.86. The van der Waals surface area contributed by atoms with Crippen molar-refractivity contribution < 1.29 is 14.3 Å². The van der Waals surface area contributed by atoms with E-state index in [4.69, 9.17) is 4.74 Å². The van der Waals surface area contributed by atoms with Crippen molar-refractivity contribution in [3.05, 3.63) is 0 Å². The number of ether oxygens (including phenoxy) is 1. The largest absolute Gasteiger partial charge is 0.444 e. The zero-order valence-electron chi connectivity index (χ0n) is 17.7. The predicted molar refractivity (Wildman–Crippen MR) is 123 cm³/mol. The fourth-order valence-corrected chi connectivity index (χ4v) is 2.86. The number of rotatable bonds is 8. The Labute approximate surface area is 186 Å². The fraction of sp³-hybridized carbons (Fsp3) is 0.842. The molecule has 1 saturated carbocycles. The number of hydrogen-bond acceptors (Lipinski definition) is 4. The minimum atomic E-state index is -0.489. The number of hydrogen-bond donors (Lipinski definition) is 4. The van der Waals surface area contributed by atoms with E-state index in [1.54, 1.807) is 7.05 Å². The Balaban J connectivity index is 0.00000729. The van der Waals surface area contributed by atoms with E-state index >= 15 is 0 Å². The Morgan fingerprint density at radius 2 is 1.61 bits per heavy atom. The van der Waals surface area contributed by atoms with Gasteiger partial charge in [0.2, 0.25) is 5.91 Å². The van der Waals surface area contributed by atoms with Crippen LogP contribution in [0, 0.1) is 0 Å². The summed E-state index contributed by atoms with van der Waals surface area (Å²) >= 11 is 0. The van der Waals surface area contributed by atoms with Gasteiger partial charge in [0, 0.05) is 39.1 Å². The first-order chi connectivity index (χ1) is 12.8. The number of halogens is 1. The molecule has 8 nitrogen and oxygen atoms in total. The van der Waals surface area contributed by atoms with E-state index in [-0.39, 0.29) is 29.9 Å². The molecule has 1 rings (SSSR count). The summed E-state index contributed by atoms with van der Waals surface area (Å²) in [5, 5.41) is 12.1. The Hall–Kier alpha value is -1.26. The first kappa shape index (κ1) is 26.7. The van der Waals surface area contributed by atoms with Gasteiger partial charge in [-0.25, -0.2) is 4.79 Å². The molecule has 0 aliphatic heterocycles. The molecule has 0 heterocycles.